The van der Waals surface area contributed by atoms with E-state index in [1.165, 1.54) is 0 Å². The molecule has 4 aromatic rings. The molecule has 0 saturated heterocycles. The van der Waals surface area contributed by atoms with Crippen LogP contribution in [-0.4, -0.2) is 40.9 Å². The first-order valence-corrected chi connectivity index (χ1v) is 12.9. The maximum absolute atomic E-state index is 12.7. The summed E-state index contributed by atoms with van der Waals surface area (Å²) >= 11 is 0. The lowest BCUT2D eigenvalue weighted by atomic mass is 10.1. The maximum Gasteiger partial charge on any atom is 0.270 e. The first-order valence-electron chi connectivity index (χ1n) is 11.3. The molecule has 2 aromatic heterocycles. The number of nitrogens with two attached hydrogens (primary N) is 1. The van der Waals surface area contributed by atoms with Gasteiger partial charge in [-0.2, -0.15) is 0 Å². The third-order valence-corrected chi connectivity index (χ3v) is 7.93. The Morgan fingerprint density at radius 3 is 2.40 bits per heavy atom. The first kappa shape index (κ1) is 24.5. The van der Waals surface area contributed by atoms with Crippen LogP contribution in [0.3, 0.4) is 0 Å². The summed E-state index contributed by atoms with van der Waals surface area (Å²) in [4.78, 5) is 9.22. The number of aromatic nitrogens is 4. The number of nitrogen functional groups attached to an aromatic ring is 1. The third kappa shape index (κ3) is 4.94. The number of nitrogens with one attached hydrogen (secondary N) is 1. The highest BCUT2D eigenvalue weighted by molar-refractivity contribution is 7.92. The van der Waals surface area contributed by atoms with Crippen molar-refractivity contribution in [3.63, 3.8) is 0 Å². The fourth-order valence-electron chi connectivity index (χ4n) is 3.65. The van der Waals surface area contributed by atoms with Crippen LogP contribution in [0.5, 0.6) is 0 Å². The van der Waals surface area contributed by atoms with Crippen molar-refractivity contribution < 1.29 is 17.1 Å². The lowest BCUT2D eigenvalue weighted by Gasteiger charge is -2.13. The van der Waals surface area contributed by atoms with Crippen LogP contribution >= 0.6 is 0 Å². The molecular weight excluding hydrogens is 464 g/mol. The lowest BCUT2D eigenvalue weighted by Crippen LogP contribution is -2.16. The van der Waals surface area contributed by atoms with Gasteiger partial charge in [0.05, 0.1) is 22.0 Å². The molecule has 0 unspecified atom stereocenters. The van der Waals surface area contributed by atoms with Crippen LogP contribution in [0.15, 0.2) is 58.0 Å². The Kier molecular flexibility index (Phi) is 6.95. The average molecular weight is 499 g/mol. The number of nitrogens with zero attached hydrogens (tertiary/aromatic N) is 4. The zero-order valence-corrected chi connectivity index (χ0v) is 20.9. The summed E-state index contributed by atoms with van der Waals surface area (Å²) in [6, 6.07) is 13.0. The highest BCUT2D eigenvalue weighted by atomic mass is 32.2. The smallest absolute Gasteiger partial charge is 0.270 e. The summed E-state index contributed by atoms with van der Waals surface area (Å²) < 4.78 is 31.3. The van der Waals surface area contributed by atoms with Crippen molar-refractivity contribution in [2.24, 2.45) is 0 Å². The van der Waals surface area contributed by atoms with Crippen LogP contribution in [0.2, 0.25) is 0 Å². The van der Waals surface area contributed by atoms with E-state index in [0.717, 1.165) is 28.8 Å². The minimum absolute atomic E-state index is 0. The third-order valence-electron chi connectivity index (χ3n) is 5.67. The Morgan fingerprint density at radius 1 is 1.06 bits per heavy atom. The topological polar surface area (TPSA) is 137 Å². The van der Waals surface area contributed by atoms with E-state index in [-0.39, 0.29) is 21.7 Å². The van der Waals surface area contributed by atoms with Gasteiger partial charge in [-0.05, 0) is 62.7 Å². The van der Waals surface area contributed by atoms with Crippen LogP contribution < -0.4 is 11.1 Å². The van der Waals surface area contributed by atoms with Gasteiger partial charge in [-0.1, -0.05) is 25.1 Å². The van der Waals surface area contributed by atoms with E-state index in [9.17, 15) is 8.42 Å². The molecule has 10 heteroatoms. The zero-order chi connectivity index (χ0) is 25.2. The number of aryl methyl sites for hydroxylation is 1. The van der Waals surface area contributed by atoms with Crippen LogP contribution in [0.1, 0.15) is 36.2 Å². The molecule has 0 aliphatic rings. The average Bonchev–Trinajstić information content (AvgIpc) is 3.34. The highest BCUT2D eigenvalue weighted by Gasteiger charge is 2.23. The molecule has 35 heavy (non-hydrogen) atoms. The van der Waals surface area contributed by atoms with Crippen molar-refractivity contribution in [1.82, 2.24) is 25.5 Å². The molecule has 0 fully saturated rings. The largest absolute Gasteiger partial charge is 0.414 e. The fourth-order valence-corrected chi connectivity index (χ4v) is 4.98. The molecule has 0 spiro atoms. The number of hydrogen-bond donors (Lipinski definition) is 2. The summed E-state index contributed by atoms with van der Waals surface area (Å²) in [5.41, 5.74) is 10.2. The molecule has 0 aliphatic heterocycles. The zero-order valence-electron chi connectivity index (χ0n) is 20.1. The second kappa shape index (κ2) is 9.93. The molecule has 3 N–H and O–H groups in total. The SMILES string of the molecule is CCc1cc(-c2cnc(N)c(-c3nnc(-c4ccc(CNC)cc4)o3)n2)ccc1S(=O)(=O)C(C)C.[HH].[HH].[HH]. The summed E-state index contributed by atoms with van der Waals surface area (Å²) in [5, 5.41) is 10.9. The number of rotatable bonds is 8. The van der Waals surface area contributed by atoms with Crippen molar-refractivity contribution in [1.29, 1.82) is 0 Å². The molecule has 0 bridgehead atoms. The molecule has 0 radical (unpaired) electrons. The summed E-state index contributed by atoms with van der Waals surface area (Å²) in [6.07, 6.45) is 2.10. The highest BCUT2D eigenvalue weighted by Crippen LogP contribution is 2.30. The van der Waals surface area contributed by atoms with E-state index in [0.29, 0.717) is 22.9 Å². The molecule has 9 nitrogen and oxygen atoms in total. The van der Waals surface area contributed by atoms with Crippen LogP contribution in [0.25, 0.3) is 34.3 Å². The second-order valence-electron chi connectivity index (χ2n) is 8.40. The van der Waals surface area contributed by atoms with Crippen molar-refractivity contribution in [2.45, 2.75) is 43.9 Å². The van der Waals surface area contributed by atoms with Crippen molar-refractivity contribution >= 4 is 15.7 Å². The van der Waals surface area contributed by atoms with Crippen molar-refractivity contribution in [3.05, 3.63) is 59.8 Å². The standard InChI is InChI=1S/C25H28N6O3S.3H2/c1-5-17-12-19(10-11-21(17)35(32,33)15(2)3)20-14-28-23(26)22(29-20)25-31-30-24(34-25)18-8-6-16(7-9-18)13-27-4;;;/h6-12,14-15,27H,5,13H2,1-4H3,(H2,26,28);3*1H. The molecule has 0 amide bonds. The predicted molar refractivity (Wildman–Crippen MR) is 141 cm³/mol. The van der Waals surface area contributed by atoms with Crippen molar-refractivity contribution in [2.75, 3.05) is 12.8 Å². The normalized spacial score (nSPS) is 11.8. The van der Waals surface area contributed by atoms with Gasteiger partial charge in [0.2, 0.25) is 5.89 Å². The van der Waals surface area contributed by atoms with Crippen LogP contribution in [0.4, 0.5) is 5.82 Å². The maximum atomic E-state index is 12.7. The van der Waals surface area contributed by atoms with E-state index in [2.05, 4.69) is 25.5 Å². The molecule has 188 valence electrons. The van der Waals surface area contributed by atoms with E-state index >= 15 is 0 Å². The second-order valence-corrected chi connectivity index (χ2v) is 10.9. The number of sulfone groups is 1. The van der Waals surface area contributed by atoms with Gasteiger partial charge in [-0.25, -0.2) is 18.4 Å². The van der Waals surface area contributed by atoms with Crippen molar-refractivity contribution in [3.8, 4) is 34.3 Å². The molecule has 2 heterocycles. The van der Waals surface area contributed by atoms with Gasteiger partial charge in [0, 0.05) is 22.0 Å². The van der Waals surface area contributed by atoms with Gasteiger partial charge < -0.3 is 15.5 Å². The number of hydrogen-bond acceptors (Lipinski definition) is 9. The molecule has 0 saturated carbocycles. The van der Waals surface area contributed by atoms with Gasteiger partial charge in [0.1, 0.15) is 0 Å². The summed E-state index contributed by atoms with van der Waals surface area (Å²) in [7, 11) is -1.51. The minimum Gasteiger partial charge on any atom is -0.414 e. The van der Waals surface area contributed by atoms with Crippen LogP contribution in [0, 0.1) is 0 Å². The van der Waals surface area contributed by atoms with E-state index in [4.69, 9.17) is 10.2 Å². The Bertz CT molecular complexity index is 1460. The Balaban J connectivity index is 0.00000241. The van der Waals surface area contributed by atoms with Gasteiger partial charge >= 0.3 is 0 Å². The monoisotopic (exact) mass is 498 g/mol. The predicted octanol–water partition coefficient (Wildman–Crippen LogP) is 4.64. The Labute approximate surface area is 209 Å². The molecule has 4 rings (SSSR count). The van der Waals surface area contributed by atoms with Gasteiger partial charge in [0.25, 0.3) is 5.89 Å². The van der Waals surface area contributed by atoms with Gasteiger partial charge in [0.15, 0.2) is 21.3 Å². The molecule has 0 aliphatic carbocycles. The Morgan fingerprint density at radius 2 is 1.74 bits per heavy atom. The van der Waals surface area contributed by atoms with Gasteiger partial charge in [-0.15, -0.1) is 10.2 Å². The quantitative estimate of drug-likeness (QED) is 0.356. The molecule has 2 aromatic carbocycles. The van der Waals surface area contributed by atoms with E-state index < -0.39 is 15.1 Å². The van der Waals surface area contributed by atoms with Crippen LogP contribution in [-0.2, 0) is 22.8 Å². The van der Waals surface area contributed by atoms with E-state index in [1.807, 2.05) is 44.3 Å². The summed E-state index contributed by atoms with van der Waals surface area (Å²) in [5.74, 6) is 0.656. The summed E-state index contributed by atoms with van der Waals surface area (Å²) in [6.45, 7) is 6.04. The minimum atomic E-state index is -3.40. The number of benzene rings is 2. The van der Waals surface area contributed by atoms with Gasteiger partial charge in [-0.3, -0.25) is 0 Å². The fraction of sp³-hybridized carbons (Fsp3) is 0.280. The molecule has 0 atom stereocenters. The Hall–Kier alpha value is -3.63. The molecular formula is C25H34N6O3S. The first-order chi connectivity index (χ1) is 16.7. The number of anilines is 1. The lowest BCUT2D eigenvalue weighted by molar-refractivity contribution is 0.582. The van der Waals surface area contributed by atoms with E-state index in [1.54, 1.807) is 32.2 Å².